The minimum Gasteiger partial charge on any atom is -0.479 e. The van der Waals surface area contributed by atoms with Crippen LogP contribution >= 0.6 is 11.6 Å². The lowest BCUT2D eigenvalue weighted by atomic mass is 10.2. The van der Waals surface area contributed by atoms with Crippen LogP contribution in [0, 0.1) is 0 Å². The fourth-order valence-corrected chi connectivity index (χ4v) is 1.34. The van der Waals surface area contributed by atoms with E-state index in [9.17, 15) is 9.59 Å². The molecule has 1 aromatic carbocycles. The van der Waals surface area contributed by atoms with Crippen molar-refractivity contribution in [2.45, 2.75) is 13.0 Å². The van der Waals surface area contributed by atoms with Crippen LogP contribution < -0.4 is 15.9 Å². The third-order valence-corrected chi connectivity index (χ3v) is 2.29. The second kappa shape index (κ2) is 6.60. The summed E-state index contributed by atoms with van der Waals surface area (Å²) < 4.78 is 5.14. The maximum Gasteiger partial charge on any atom is 0.344 e. The molecule has 19 heavy (non-hydrogen) atoms. The summed E-state index contributed by atoms with van der Waals surface area (Å²) in [5.74, 6) is -0.844. The number of ether oxygens (including phenoxy) is 1. The molecule has 0 aromatic heterocycles. The monoisotopic (exact) mass is 285 g/mol. The Morgan fingerprint density at radius 2 is 2.26 bits per heavy atom. The summed E-state index contributed by atoms with van der Waals surface area (Å²) >= 11 is 5.93. The second-order valence-electron chi connectivity index (χ2n) is 3.52. The van der Waals surface area contributed by atoms with Crippen LogP contribution in [0.3, 0.4) is 0 Å². The van der Waals surface area contributed by atoms with Crippen molar-refractivity contribution in [3.8, 4) is 5.75 Å². The Morgan fingerprint density at radius 1 is 1.58 bits per heavy atom. The van der Waals surface area contributed by atoms with Gasteiger partial charge in [-0.25, -0.2) is 15.0 Å². The number of rotatable bonds is 5. The minimum atomic E-state index is -1.09. The van der Waals surface area contributed by atoms with Gasteiger partial charge in [0.2, 0.25) is 0 Å². The van der Waals surface area contributed by atoms with Crippen molar-refractivity contribution in [1.82, 2.24) is 5.43 Å². The van der Waals surface area contributed by atoms with Crippen molar-refractivity contribution >= 4 is 29.8 Å². The van der Waals surface area contributed by atoms with Crippen LogP contribution in [0.2, 0.25) is 5.02 Å². The molecule has 0 heterocycles. The van der Waals surface area contributed by atoms with Gasteiger partial charge in [-0.3, -0.25) is 0 Å². The van der Waals surface area contributed by atoms with Gasteiger partial charge in [0.1, 0.15) is 5.75 Å². The van der Waals surface area contributed by atoms with Crippen LogP contribution in [0.25, 0.3) is 0 Å². The molecule has 1 rings (SSSR count). The van der Waals surface area contributed by atoms with Gasteiger partial charge >= 0.3 is 12.0 Å². The van der Waals surface area contributed by atoms with Gasteiger partial charge in [-0.05, 0) is 30.7 Å². The number of nitrogens with one attached hydrogen (secondary N) is 1. The van der Waals surface area contributed by atoms with E-state index < -0.39 is 18.1 Å². The van der Waals surface area contributed by atoms with E-state index in [1.807, 2.05) is 5.43 Å². The lowest BCUT2D eigenvalue weighted by Gasteiger charge is -2.11. The number of primary amides is 1. The third kappa shape index (κ3) is 4.84. The number of halogens is 1. The van der Waals surface area contributed by atoms with Crippen molar-refractivity contribution in [3.05, 3.63) is 28.8 Å². The molecule has 0 aliphatic rings. The highest BCUT2D eigenvalue weighted by molar-refractivity contribution is 6.32. The molecule has 4 N–H and O–H groups in total. The molecule has 0 spiro atoms. The number of benzene rings is 1. The number of hydrazone groups is 1. The van der Waals surface area contributed by atoms with Crippen LogP contribution in [-0.4, -0.2) is 29.4 Å². The van der Waals surface area contributed by atoms with Gasteiger partial charge in [0.15, 0.2) is 6.10 Å². The molecule has 102 valence electrons. The number of hydrogen-bond donors (Lipinski definition) is 3. The molecule has 0 saturated carbocycles. The molecule has 1 unspecified atom stereocenters. The lowest BCUT2D eigenvalue weighted by molar-refractivity contribution is -0.144. The number of carboxylic acids is 1. The maximum atomic E-state index is 10.6. The van der Waals surface area contributed by atoms with E-state index in [0.29, 0.717) is 5.56 Å². The minimum absolute atomic E-state index is 0.233. The van der Waals surface area contributed by atoms with E-state index in [1.54, 1.807) is 6.07 Å². The molecule has 2 amide bonds. The first kappa shape index (κ1) is 14.8. The molecular weight excluding hydrogens is 274 g/mol. The molecule has 0 radical (unpaired) electrons. The van der Waals surface area contributed by atoms with E-state index in [1.165, 1.54) is 25.3 Å². The molecule has 7 nitrogen and oxygen atoms in total. The van der Waals surface area contributed by atoms with Gasteiger partial charge in [0, 0.05) is 0 Å². The Kier molecular flexibility index (Phi) is 5.13. The Hall–Kier alpha value is -2.28. The van der Waals surface area contributed by atoms with Crippen LogP contribution in [0.5, 0.6) is 5.75 Å². The van der Waals surface area contributed by atoms with Gasteiger partial charge in [-0.2, -0.15) is 5.10 Å². The molecule has 0 aliphatic carbocycles. The Labute approximate surface area is 114 Å². The standard InChI is InChI=1S/C11H12ClN3O4/c1-6(10(16)17)19-9-3-2-7(4-8(9)12)5-14-15-11(13)18/h2-6H,1H3,(H,16,17)(H3,13,15,18). The zero-order valence-electron chi connectivity index (χ0n) is 9.96. The van der Waals surface area contributed by atoms with E-state index in [2.05, 4.69) is 5.10 Å². The first-order valence-electron chi connectivity index (χ1n) is 5.17. The number of carbonyl (C=O) groups excluding carboxylic acids is 1. The van der Waals surface area contributed by atoms with Gasteiger partial charge in [0.05, 0.1) is 11.2 Å². The van der Waals surface area contributed by atoms with E-state index in [-0.39, 0.29) is 10.8 Å². The van der Waals surface area contributed by atoms with Gasteiger partial charge in [-0.15, -0.1) is 0 Å². The number of nitrogens with zero attached hydrogens (tertiary/aromatic N) is 1. The van der Waals surface area contributed by atoms with Crippen molar-refractivity contribution in [3.63, 3.8) is 0 Å². The summed E-state index contributed by atoms with van der Waals surface area (Å²) in [4.78, 5) is 21.0. The number of carbonyl (C=O) groups is 2. The molecule has 1 aromatic rings. The second-order valence-corrected chi connectivity index (χ2v) is 3.93. The van der Waals surface area contributed by atoms with E-state index in [0.717, 1.165) is 0 Å². The molecule has 0 saturated heterocycles. The van der Waals surface area contributed by atoms with Crippen molar-refractivity contribution in [2.75, 3.05) is 0 Å². The summed E-state index contributed by atoms with van der Waals surface area (Å²) in [5.41, 5.74) is 7.45. The largest absolute Gasteiger partial charge is 0.479 e. The Morgan fingerprint density at radius 3 is 2.79 bits per heavy atom. The molecule has 0 aliphatic heterocycles. The van der Waals surface area contributed by atoms with Gasteiger partial charge < -0.3 is 15.6 Å². The molecule has 0 fully saturated rings. The normalized spacial score (nSPS) is 12.1. The Bertz CT molecular complexity index is 519. The first-order valence-corrected chi connectivity index (χ1v) is 5.55. The van der Waals surface area contributed by atoms with Crippen molar-refractivity contribution < 1.29 is 19.4 Å². The van der Waals surface area contributed by atoms with Crippen LogP contribution in [-0.2, 0) is 4.79 Å². The predicted octanol–water partition coefficient (Wildman–Crippen LogP) is 1.19. The van der Waals surface area contributed by atoms with Gasteiger partial charge in [-0.1, -0.05) is 11.6 Å². The molecule has 0 bridgehead atoms. The molecule has 1 atom stereocenters. The summed E-state index contributed by atoms with van der Waals surface area (Å²) in [6, 6.07) is 3.84. The van der Waals surface area contributed by atoms with Crippen LogP contribution in [0.4, 0.5) is 4.79 Å². The average molecular weight is 286 g/mol. The number of urea groups is 1. The van der Waals surface area contributed by atoms with E-state index >= 15 is 0 Å². The molecule has 8 heteroatoms. The third-order valence-electron chi connectivity index (χ3n) is 2.00. The number of nitrogens with two attached hydrogens (primary N) is 1. The summed E-state index contributed by atoms with van der Waals surface area (Å²) in [5, 5.41) is 12.5. The number of amides is 2. The SMILES string of the molecule is CC(Oc1ccc(C=NNC(N)=O)cc1Cl)C(=O)O. The zero-order valence-corrected chi connectivity index (χ0v) is 10.7. The summed E-state index contributed by atoms with van der Waals surface area (Å²) in [6.45, 7) is 1.39. The highest BCUT2D eigenvalue weighted by atomic mass is 35.5. The number of aliphatic carboxylic acids is 1. The van der Waals surface area contributed by atoms with Crippen LogP contribution in [0.15, 0.2) is 23.3 Å². The average Bonchev–Trinajstić information content (AvgIpc) is 2.31. The maximum absolute atomic E-state index is 10.6. The zero-order chi connectivity index (χ0) is 14.4. The fraction of sp³-hybridized carbons (Fsp3) is 0.182. The quantitative estimate of drug-likeness (QED) is 0.557. The summed E-state index contributed by atoms with van der Waals surface area (Å²) in [6.07, 6.45) is 0.328. The lowest BCUT2D eigenvalue weighted by Crippen LogP contribution is -2.24. The topological polar surface area (TPSA) is 114 Å². The van der Waals surface area contributed by atoms with Crippen molar-refractivity contribution in [1.29, 1.82) is 0 Å². The highest BCUT2D eigenvalue weighted by Gasteiger charge is 2.14. The Balaban J connectivity index is 2.77. The smallest absolute Gasteiger partial charge is 0.344 e. The number of hydrogen-bond acceptors (Lipinski definition) is 4. The summed E-state index contributed by atoms with van der Waals surface area (Å²) in [7, 11) is 0. The van der Waals surface area contributed by atoms with Crippen LogP contribution in [0.1, 0.15) is 12.5 Å². The number of carboxylic acid groups (broad SMARTS) is 1. The predicted molar refractivity (Wildman–Crippen MR) is 69.5 cm³/mol. The van der Waals surface area contributed by atoms with E-state index in [4.69, 9.17) is 27.2 Å². The van der Waals surface area contributed by atoms with Gasteiger partial charge in [0.25, 0.3) is 0 Å². The fourth-order valence-electron chi connectivity index (χ4n) is 1.10. The van der Waals surface area contributed by atoms with Crippen molar-refractivity contribution in [2.24, 2.45) is 10.8 Å². The first-order chi connectivity index (χ1) is 8.90. The highest BCUT2D eigenvalue weighted by Crippen LogP contribution is 2.25. The molecular formula is C11H12ClN3O4.